The second-order valence-electron chi connectivity index (χ2n) is 6.67. The number of fused-ring (bicyclic) bond motifs is 1. The first-order chi connectivity index (χ1) is 13.9. The molecule has 2 aromatic heterocycles. The number of aliphatic hydroxyl groups is 1. The molecule has 3 aromatic rings. The predicted molar refractivity (Wildman–Crippen MR) is 116 cm³/mol. The molecule has 0 saturated carbocycles. The van der Waals surface area contributed by atoms with Crippen molar-refractivity contribution in [3.63, 3.8) is 0 Å². The Hall–Kier alpha value is -3.67. The number of rotatable bonds is 7. The molecule has 2 heterocycles. The van der Waals surface area contributed by atoms with Crippen LogP contribution in [0.5, 0.6) is 5.75 Å². The van der Waals surface area contributed by atoms with Crippen molar-refractivity contribution >= 4 is 22.2 Å². The minimum absolute atomic E-state index is 0.0297. The Kier molecular flexibility index (Phi) is 5.93. The maximum atomic E-state index is 12.6. The number of nitrogens with zero attached hydrogens (tertiary/aromatic N) is 2. The Bertz CT molecular complexity index is 1160. The molecule has 0 aliphatic carbocycles. The fourth-order valence-electron chi connectivity index (χ4n) is 3.27. The topological polar surface area (TPSA) is 88.2 Å². The Labute approximate surface area is 168 Å². The molecule has 0 spiro atoms. The van der Waals surface area contributed by atoms with E-state index in [2.05, 4.69) is 11.6 Å². The van der Waals surface area contributed by atoms with E-state index in [9.17, 15) is 9.90 Å². The molecule has 0 bridgehead atoms. The molecule has 0 atom stereocenters. The van der Waals surface area contributed by atoms with E-state index in [1.165, 1.54) is 13.0 Å². The second-order valence-corrected chi connectivity index (χ2v) is 6.67. The first-order valence-corrected chi connectivity index (χ1v) is 9.19. The monoisotopic (exact) mass is 389 g/mol. The number of hydrogen-bond acceptors (Lipinski definition) is 5. The molecule has 3 rings (SSSR count). The van der Waals surface area contributed by atoms with Crippen molar-refractivity contribution < 1.29 is 9.84 Å². The lowest BCUT2D eigenvalue weighted by Gasteiger charge is -2.17. The van der Waals surface area contributed by atoms with E-state index in [1.54, 1.807) is 35.9 Å². The summed E-state index contributed by atoms with van der Waals surface area (Å²) in [4.78, 5) is 16.9. The average molecular weight is 389 g/mol. The van der Waals surface area contributed by atoms with Crippen LogP contribution in [0.3, 0.4) is 0 Å². The number of nitrogens with one attached hydrogen (secondary N) is 1. The number of benzene rings is 1. The molecule has 1 aromatic carbocycles. The van der Waals surface area contributed by atoms with Gasteiger partial charge in [0.25, 0.3) is 5.56 Å². The van der Waals surface area contributed by atoms with Crippen LogP contribution in [0.4, 0.5) is 0 Å². The van der Waals surface area contributed by atoms with Crippen LogP contribution in [-0.2, 0) is 6.54 Å². The van der Waals surface area contributed by atoms with Gasteiger partial charge in [-0.1, -0.05) is 18.7 Å². The molecule has 0 amide bonds. The van der Waals surface area contributed by atoms with E-state index in [4.69, 9.17) is 10.1 Å². The SMILES string of the molecule is C=CCOc1cc2c(ccc(=O)n2Cc2ccccn2)cc1/C(C(C)=N)=C(\C)O. The fourth-order valence-corrected chi connectivity index (χ4v) is 3.27. The van der Waals surface area contributed by atoms with Crippen molar-refractivity contribution in [2.24, 2.45) is 0 Å². The zero-order valence-corrected chi connectivity index (χ0v) is 16.5. The summed E-state index contributed by atoms with van der Waals surface area (Å²) < 4.78 is 7.46. The third kappa shape index (κ3) is 4.27. The molecule has 0 saturated heterocycles. The van der Waals surface area contributed by atoms with E-state index in [0.29, 0.717) is 28.9 Å². The van der Waals surface area contributed by atoms with Gasteiger partial charge in [-0.3, -0.25) is 9.78 Å². The second kappa shape index (κ2) is 8.56. The molecule has 2 N–H and O–H groups in total. The third-order valence-electron chi connectivity index (χ3n) is 4.50. The van der Waals surface area contributed by atoms with Gasteiger partial charge in [-0.25, -0.2) is 0 Å². The molecular weight excluding hydrogens is 366 g/mol. The first-order valence-electron chi connectivity index (χ1n) is 9.19. The highest BCUT2D eigenvalue weighted by Gasteiger charge is 2.17. The van der Waals surface area contributed by atoms with Crippen molar-refractivity contribution in [3.8, 4) is 5.75 Å². The summed E-state index contributed by atoms with van der Waals surface area (Å²) in [7, 11) is 0. The predicted octanol–water partition coefficient (Wildman–Crippen LogP) is 4.34. The summed E-state index contributed by atoms with van der Waals surface area (Å²) in [5, 5.41) is 19.0. The van der Waals surface area contributed by atoms with Gasteiger partial charge in [0, 0.05) is 35.2 Å². The number of hydrogen-bond donors (Lipinski definition) is 2. The van der Waals surface area contributed by atoms with Crippen LogP contribution in [-0.4, -0.2) is 27.0 Å². The maximum Gasteiger partial charge on any atom is 0.251 e. The van der Waals surface area contributed by atoms with Crippen molar-refractivity contribution in [2.75, 3.05) is 6.61 Å². The molecule has 0 unspecified atom stereocenters. The maximum absolute atomic E-state index is 12.6. The Balaban J connectivity index is 2.27. The zero-order valence-electron chi connectivity index (χ0n) is 16.5. The number of ether oxygens (including phenoxy) is 1. The van der Waals surface area contributed by atoms with E-state index < -0.39 is 0 Å². The van der Waals surface area contributed by atoms with Crippen molar-refractivity contribution in [1.29, 1.82) is 5.41 Å². The lowest BCUT2D eigenvalue weighted by Crippen LogP contribution is -2.20. The van der Waals surface area contributed by atoms with Crippen LogP contribution < -0.4 is 10.3 Å². The number of allylic oxidation sites excluding steroid dienone is 2. The van der Waals surface area contributed by atoms with E-state index in [1.807, 2.05) is 24.3 Å². The van der Waals surface area contributed by atoms with Crippen molar-refractivity contribution in [1.82, 2.24) is 9.55 Å². The van der Waals surface area contributed by atoms with Crippen LogP contribution in [0.15, 0.2) is 71.9 Å². The van der Waals surface area contributed by atoms with Crippen molar-refractivity contribution in [2.45, 2.75) is 20.4 Å². The lowest BCUT2D eigenvalue weighted by atomic mass is 9.97. The summed E-state index contributed by atoms with van der Waals surface area (Å²) in [5.41, 5.74) is 2.51. The van der Waals surface area contributed by atoms with Crippen LogP contribution in [0.1, 0.15) is 25.1 Å². The van der Waals surface area contributed by atoms with E-state index in [-0.39, 0.29) is 23.6 Å². The lowest BCUT2D eigenvalue weighted by molar-refractivity contribution is 0.362. The van der Waals surface area contributed by atoms with Gasteiger partial charge in [-0.15, -0.1) is 0 Å². The highest BCUT2D eigenvalue weighted by molar-refractivity contribution is 6.22. The van der Waals surface area contributed by atoms with Gasteiger partial charge in [0.05, 0.1) is 23.5 Å². The van der Waals surface area contributed by atoms with Gasteiger partial charge in [0.2, 0.25) is 0 Å². The van der Waals surface area contributed by atoms with Gasteiger partial charge in [-0.05, 0) is 43.5 Å². The molecule has 29 heavy (non-hydrogen) atoms. The summed E-state index contributed by atoms with van der Waals surface area (Å²) in [6.45, 7) is 7.40. The van der Waals surface area contributed by atoms with Crippen molar-refractivity contribution in [3.05, 3.63) is 88.7 Å². The minimum atomic E-state index is -0.150. The van der Waals surface area contributed by atoms with Gasteiger partial charge in [0.1, 0.15) is 12.4 Å². The smallest absolute Gasteiger partial charge is 0.251 e. The van der Waals surface area contributed by atoms with E-state index in [0.717, 1.165) is 11.1 Å². The largest absolute Gasteiger partial charge is 0.512 e. The molecule has 0 aliphatic heterocycles. The number of aliphatic hydroxyl groups excluding tert-OH is 1. The highest BCUT2D eigenvalue weighted by Crippen LogP contribution is 2.33. The van der Waals surface area contributed by atoms with Crippen LogP contribution in [0.25, 0.3) is 16.5 Å². The normalized spacial score (nSPS) is 11.8. The van der Waals surface area contributed by atoms with Gasteiger partial charge < -0.3 is 19.8 Å². The Morgan fingerprint density at radius 2 is 2.07 bits per heavy atom. The fraction of sp³-hybridized carbons (Fsp3) is 0.174. The molecule has 6 nitrogen and oxygen atoms in total. The zero-order chi connectivity index (χ0) is 21.0. The molecule has 0 aliphatic rings. The summed E-state index contributed by atoms with van der Waals surface area (Å²) in [5.74, 6) is 0.495. The Morgan fingerprint density at radius 3 is 2.69 bits per heavy atom. The number of aromatic nitrogens is 2. The molecular formula is C23H23N3O3. The quantitative estimate of drug-likeness (QED) is 0.357. The molecule has 0 fully saturated rings. The molecule has 6 heteroatoms. The summed E-state index contributed by atoms with van der Waals surface area (Å²) in [6.07, 6.45) is 3.31. The summed E-state index contributed by atoms with van der Waals surface area (Å²) >= 11 is 0. The van der Waals surface area contributed by atoms with E-state index >= 15 is 0 Å². The van der Waals surface area contributed by atoms with Crippen LogP contribution >= 0.6 is 0 Å². The van der Waals surface area contributed by atoms with Crippen LogP contribution in [0.2, 0.25) is 0 Å². The molecule has 0 radical (unpaired) electrons. The minimum Gasteiger partial charge on any atom is -0.512 e. The Morgan fingerprint density at radius 1 is 1.28 bits per heavy atom. The summed E-state index contributed by atoms with van der Waals surface area (Å²) in [6, 6.07) is 12.4. The van der Waals surface area contributed by atoms with Crippen LogP contribution in [0, 0.1) is 5.41 Å². The van der Waals surface area contributed by atoms with Gasteiger partial charge in [-0.2, -0.15) is 0 Å². The first kappa shape index (κ1) is 20.1. The molecule has 148 valence electrons. The van der Waals surface area contributed by atoms with Gasteiger partial charge in [0.15, 0.2) is 0 Å². The number of pyridine rings is 2. The third-order valence-corrected chi connectivity index (χ3v) is 4.50. The van der Waals surface area contributed by atoms with Gasteiger partial charge >= 0.3 is 0 Å². The average Bonchev–Trinajstić information content (AvgIpc) is 2.69. The standard InChI is InChI=1S/C23H23N3O3/c1-4-11-29-21-13-20-17(12-19(21)23(15(2)24)16(3)27)8-9-22(28)26(20)14-18-7-5-6-10-25-18/h4-10,12-13,24,27H,1,11,14H2,2-3H3/b23-16+,24-15?. The highest BCUT2D eigenvalue weighted by atomic mass is 16.5.